The number of anilines is 1. The molecule has 1 fully saturated rings. The number of rotatable bonds is 6. The molecule has 0 radical (unpaired) electrons. The van der Waals surface area contributed by atoms with Crippen molar-refractivity contribution in [1.82, 2.24) is 0 Å². The van der Waals surface area contributed by atoms with Crippen LogP contribution >= 0.6 is 0 Å². The topological polar surface area (TPSA) is 72.6 Å². The van der Waals surface area contributed by atoms with Crippen molar-refractivity contribution in [2.24, 2.45) is 5.73 Å². The maximum Gasteiger partial charge on any atom is 0.414 e. The second-order valence-corrected chi connectivity index (χ2v) is 5.20. The Morgan fingerprint density at radius 1 is 1.43 bits per heavy atom. The zero-order valence-corrected chi connectivity index (χ0v) is 12.2. The Hall–Kier alpha value is -2.30. The van der Waals surface area contributed by atoms with Crippen molar-refractivity contribution in [2.75, 3.05) is 11.4 Å². The minimum absolute atomic E-state index is 0.269. The second-order valence-electron chi connectivity index (χ2n) is 5.20. The van der Waals surface area contributed by atoms with E-state index in [0.29, 0.717) is 6.54 Å². The lowest BCUT2D eigenvalue weighted by Gasteiger charge is -2.13. The van der Waals surface area contributed by atoms with Gasteiger partial charge in [-0.3, -0.25) is 9.69 Å². The van der Waals surface area contributed by atoms with E-state index in [1.54, 1.807) is 4.90 Å². The average Bonchev–Trinajstić information content (AvgIpc) is 2.80. The second kappa shape index (κ2) is 6.43. The molecule has 2 amide bonds. The summed E-state index contributed by atoms with van der Waals surface area (Å²) in [6.07, 6.45) is 1.59. The average molecular weight is 288 g/mol. The predicted molar refractivity (Wildman–Crippen MR) is 81.0 cm³/mol. The summed E-state index contributed by atoms with van der Waals surface area (Å²) in [4.78, 5) is 24.5. The summed E-state index contributed by atoms with van der Waals surface area (Å²) >= 11 is 0. The Balaban J connectivity index is 2.02. The molecule has 5 nitrogen and oxygen atoms in total. The number of hydrogen-bond acceptors (Lipinski definition) is 3. The minimum Gasteiger partial charge on any atom is -0.444 e. The molecule has 0 aromatic heterocycles. The fraction of sp³-hybridized carbons (Fsp3) is 0.375. The highest BCUT2D eigenvalue weighted by Gasteiger charge is 2.33. The van der Waals surface area contributed by atoms with Gasteiger partial charge in [0.25, 0.3) is 0 Å². The molecular weight excluding hydrogens is 268 g/mol. The summed E-state index contributed by atoms with van der Waals surface area (Å²) in [5, 5.41) is 0. The van der Waals surface area contributed by atoms with E-state index in [0.717, 1.165) is 18.5 Å². The van der Waals surface area contributed by atoms with Crippen LogP contribution in [-0.2, 0) is 16.0 Å². The summed E-state index contributed by atoms with van der Waals surface area (Å²) < 4.78 is 5.25. The van der Waals surface area contributed by atoms with Crippen molar-refractivity contribution in [3.05, 3.63) is 42.0 Å². The van der Waals surface area contributed by atoms with Gasteiger partial charge in [0.1, 0.15) is 6.10 Å². The predicted octanol–water partition coefficient (Wildman–Crippen LogP) is 2.40. The first-order chi connectivity index (χ1) is 10.0. The molecule has 1 aromatic rings. The molecule has 112 valence electrons. The van der Waals surface area contributed by atoms with Crippen LogP contribution in [0.2, 0.25) is 0 Å². The Labute approximate surface area is 124 Å². The Kier molecular flexibility index (Phi) is 4.62. The van der Waals surface area contributed by atoms with Gasteiger partial charge in [0.2, 0.25) is 5.91 Å². The summed E-state index contributed by atoms with van der Waals surface area (Å²) in [5.41, 5.74) is 7.46. The zero-order valence-electron chi connectivity index (χ0n) is 12.2. The van der Waals surface area contributed by atoms with Crippen molar-refractivity contribution in [2.45, 2.75) is 32.3 Å². The first kappa shape index (κ1) is 15.1. The van der Waals surface area contributed by atoms with Crippen LogP contribution < -0.4 is 10.6 Å². The summed E-state index contributed by atoms with van der Waals surface area (Å²) in [5.74, 6) is -0.562. The molecule has 5 heteroatoms. The molecule has 0 saturated carbocycles. The highest BCUT2D eigenvalue weighted by molar-refractivity contribution is 5.92. The standard InChI is InChI=1S/C16H20N2O3/c1-3-4-12-5-7-13(8-6-12)18-10-14(21-16(18)20)9-11(2)15(17)19/h5-8,14H,2-4,9-10H2,1H3,(H2,17,19)/t14-/m1/s1. The largest absolute Gasteiger partial charge is 0.444 e. The molecule has 1 aliphatic rings. The molecule has 1 saturated heterocycles. The van der Waals surface area contributed by atoms with Gasteiger partial charge in [-0.1, -0.05) is 32.1 Å². The molecule has 1 atom stereocenters. The van der Waals surface area contributed by atoms with Gasteiger partial charge in [0, 0.05) is 17.7 Å². The molecule has 1 aromatic carbocycles. The summed E-state index contributed by atoms with van der Waals surface area (Å²) in [6, 6.07) is 7.86. The van der Waals surface area contributed by atoms with Crippen molar-refractivity contribution in [3.63, 3.8) is 0 Å². The number of carbonyl (C=O) groups is 2. The molecule has 0 bridgehead atoms. The van der Waals surface area contributed by atoms with Gasteiger partial charge in [-0.05, 0) is 24.1 Å². The van der Waals surface area contributed by atoms with E-state index >= 15 is 0 Å². The van der Waals surface area contributed by atoms with Crippen LogP contribution in [0.5, 0.6) is 0 Å². The van der Waals surface area contributed by atoms with Gasteiger partial charge < -0.3 is 10.5 Å². The zero-order chi connectivity index (χ0) is 15.4. The van der Waals surface area contributed by atoms with Crippen LogP contribution in [0.3, 0.4) is 0 Å². The number of ether oxygens (including phenoxy) is 1. The number of hydrogen-bond donors (Lipinski definition) is 1. The van der Waals surface area contributed by atoms with Crippen molar-refractivity contribution < 1.29 is 14.3 Å². The maximum atomic E-state index is 11.9. The molecule has 2 rings (SSSR count). The summed E-state index contributed by atoms with van der Waals surface area (Å²) in [6.45, 7) is 6.12. The third-order valence-electron chi connectivity index (χ3n) is 3.48. The number of nitrogens with two attached hydrogens (primary N) is 1. The van der Waals surface area contributed by atoms with E-state index in [1.807, 2.05) is 24.3 Å². The molecule has 0 spiro atoms. The molecule has 1 heterocycles. The van der Waals surface area contributed by atoms with Crippen LogP contribution in [0.15, 0.2) is 36.4 Å². The number of aryl methyl sites for hydroxylation is 1. The van der Waals surface area contributed by atoms with Gasteiger partial charge in [-0.25, -0.2) is 4.79 Å². The molecule has 0 unspecified atom stereocenters. The lowest BCUT2D eigenvalue weighted by molar-refractivity contribution is -0.114. The van der Waals surface area contributed by atoms with Gasteiger partial charge in [-0.2, -0.15) is 0 Å². The lowest BCUT2D eigenvalue weighted by atomic mass is 10.1. The quantitative estimate of drug-likeness (QED) is 0.817. The van der Waals surface area contributed by atoms with Crippen molar-refractivity contribution in [1.29, 1.82) is 0 Å². The first-order valence-electron chi connectivity index (χ1n) is 7.06. The normalized spacial score (nSPS) is 17.7. The van der Waals surface area contributed by atoms with Crippen LogP contribution in [0.1, 0.15) is 25.3 Å². The molecular formula is C16H20N2O3. The van der Waals surface area contributed by atoms with Crippen LogP contribution in [0, 0.1) is 0 Å². The third-order valence-corrected chi connectivity index (χ3v) is 3.48. The molecule has 21 heavy (non-hydrogen) atoms. The van der Waals surface area contributed by atoms with Gasteiger partial charge in [0.15, 0.2) is 0 Å². The minimum atomic E-state index is -0.562. The number of nitrogens with zero attached hydrogens (tertiary/aromatic N) is 1. The molecule has 0 aliphatic carbocycles. The van der Waals surface area contributed by atoms with E-state index in [4.69, 9.17) is 10.5 Å². The Morgan fingerprint density at radius 3 is 2.67 bits per heavy atom. The van der Waals surface area contributed by atoms with Gasteiger partial charge >= 0.3 is 6.09 Å². The Morgan fingerprint density at radius 2 is 2.10 bits per heavy atom. The van der Waals surface area contributed by atoms with Crippen LogP contribution in [0.25, 0.3) is 0 Å². The third kappa shape index (κ3) is 3.62. The smallest absolute Gasteiger partial charge is 0.414 e. The lowest BCUT2D eigenvalue weighted by Crippen LogP contribution is -2.25. The van der Waals surface area contributed by atoms with Crippen molar-refractivity contribution >= 4 is 17.7 Å². The molecule has 1 aliphatic heterocycles. The monoisotopic (exact) mass is 288 g/mol. The molecule has 2 N–H and O–H groups in total. The number of cyclic esters (lactones) is 1. The number of carbonyl (C=O) groups excluding carboxylic acids is 2. The van der Waals surface area contributed by atoms with Gasteiger partial charge in [0.05, 0.1) is 6.54 Å². The van der Waals surface area contributed by atoms with E-state index in [-0.39, 0.29) is 18.1 Å². The van der Waals surface area contributed by atoms with E-state index in [1.165, 1.54) is 5.56 Å². The SMILES string of the molecule is C=C(C[C@@H]1CN(c2ccc(CCC)cc2)C(=O)O1)C(N)=O. The first-order valence-corrected chi connectivity index (χ1v) is 7.06. The highest BCUT2D eigenvalue weighted by atomic mass is 16.6. The maximum absolute atomic E-state index is 11.9. The Bertz CT molecular complexity index is 551. The number of primary amides is 1. The van der Waals surface area contributed by atoms with Crippen molar-refractivity contribution in [3.8, 4) is 0 Å². The fourth-order valence-electron chi connectivity index (χ4n) is 2.35. The number of amides is 2. The van der Waals surface area contributed by atoms with Crippen LogP contribution in [-0.4, -0.2) is 24.6 Å². The number of benzene rings is 1. The van der Waals surface area contributed by atoms with E-state index < -0.39 is 12.0 Å². The summed E-state index contributed by atoms with van der Waals surface area (Å²) in [7, 11) is 0. The van der Waals surface area contributed by atoms with E-state index in [2.05, 4.69) is 13.5 Å². The highest BCUT2D eigenvalue weighted by Crippen LogP contribution is 2.24. The van der Waals surface area contributed by atoms with Crippen LogP contribution in [0.4, 0.5) is 10.5 Å². The fourth-order valence-corrected chi connectivity index (χ4v) is 2.35. The van der Waals surface area contributed by atoms with Gasteiger partial charge in [-0.15, -0.1) is 0 Å². The van der Waals surface area contributed by atoms with E-state index in [9.17, 15) is 9.59 Å².